The maximum absolute atomic E-state index is 10.4. The van der Waals surface area contributed by atoms with Crippen LogP contribution in [0.15, 0.2) is 18.3 Å². The molecular formula is C10H10ClN3O2S. The Balaban J connectivity index is 1.96. The summed E-state index contributed by atoms with van der Waals surface area (Å²) in [7, 11) is 0. The molecule has 0 aliphatic carbocycles. The van der Waals surface area contributed by atoms with Crippen LogP contribution < -0.4 is 0 Å². The zero-order chi connectivity index (χ0) is 12.3. The maximum atomic E-state index is 10.4. The first kappa shape index (κ1) is 12.1. The minimum atomic E-state index is -0.829. The normalized spacial score (nSPS) is 10.6. The molecule has 0 bridgehead atoms. The Labute approximate surface area is 107 Å². The van der Waals surface area contributed by atoms with Crippen LogP contribution >= 0.6 is 22.9 Å². The summed E-state index contributed by atoms with van der Waals surface area (Å²) in [6, 6.07) is 3.77. The van der Waals surface area contributed by atoms with Gasteiger partial charge in [0.25, 0.3) is 0 Å². The van der Waals surface area contributed by atoms with Crippen molar-refractivity contribution in [3.05, 3.63) is 33.2 Å². The predicted octanol–water partition coefficient (Wildman–Crippen LogP) is 2.06. The average molecular weight is 272 g/mol. The van der Waals surface area contributed by atoms with Gasteiger partial charge < -0.3 is 5.11 Å². The third-order valence-electron chi connectivity index (χ3n) is 2.13. The lowest BCUT2D eigenvalue weighted by Gasteiger charge is -1.95. The lowest BCUT2D eigenvalue weighted by atomic mass is 10.2. The molecule has 90 valence electrons. The SMILES string of the molecule is O=C(O)CCc1cn(Cc2ccc(Cl)s2)nn1. The number of carbonyl (C=O) groups is 1. The Kier molecular flexibility index (Phi) is 3.75. The van der Waals surface area contributed by atoms with Crippen molar-refractivity contribution in [2.75, 3.05) is 0 Å². The number of aromatic nitrogens is 3. The van der Waals surface area contributed by atoms with Gasteiger partial charge in [-0.1, -0.05) is 16.8 Å². The van der Waals surface area contributed by atoms with Crippen molar-refractivity contribution in [2.24, 2.45) is 0 Å². The fourth-order valence-corrected chi connectivity index (χ4v) is 2.44. The number of carboxylic acids is 1. The van der Waals surface area contributed by atoms with E-state index in [-0.39, 0.29) is 6.42 Å². The molecule has 17 heavy (non-hydrogen) atoms. The number of hydrogen-bond acceptors (Lipinski definition) is 4. The summed E-state index contributed by atoms with van der Waals surface area (Å²) in [5, 5.41) is 16.4. The number of carboxylic acid groups (broad SMARTS) is 1. The molecule has 2 rings (SSSR count). The molecule has 2 aromatic heterocycles. The number of hydrogen-bond donors (Lipinski definition) is 1. The van der Waals surface area contributed by atoms with Gasteiger partial charge in [-0.15, -0.1) is 16.4 Å². The zero-order valence-corrected chi connectivity index (χ0v) is 10.4. The van der Waals surface area contributed by atoms with Crippen LogP contribution in [0.5, 0.6) is 0 Å². The minimum Gasteiger partial charge on any atom is -0.481 e. The molecule has 0 unspecified atom stereocenters. The van der Waals surface area contributed by atoms with Gasteiger partial charge in [0.05, 0.1) is 23.0 Å². The molecule has 0 atom stereocenters. The summed E-state index contributed by atoms with van der Waals surface area (Å²) < 4.78 is 2.42. The first-order valence-corrected chi connectivity index (χ1v) is 6.18. The second kappa shape index (κ2) is 5.29. The molecule has 0 radical (unpaired) electrons. The first-order valence-electron chi connectivity index (χ1n) is 4.98. The lowest BCUT2D eigenvalue weighted by Crippen LogP contribution is -1.98. The number of aryl methyl sites for hydroxylation is 1. The van der Waals surface area contributed by atoms with Crippen molar-refractivity contribution in [3.8, 4) is 0 Å². The fourth-order valence-electron chi connectivity index (χ4n) is 1.36. The quantitative estimate of drug-likeness (QED) is 0.904. The van der Waals surface area contributed by atoms with Crippen molar-refractivity contribution in [1.29, 1.82) is 0 Å². The van der Waals surface area contributed by atoms with E-state index >= 15 is 0 Å². The standard InChI is InChI=1S/C10H10ClN3O2S/c11-9-3-2-8(17-9)6-14-5-7(12-13-14)1-4-10(15)16/h2-3,5H,1,4,6H2,(H,15,16). The number of rotatable bonds is 5. The number of nitrogens with zero attached hydrogens (tertiary/aromatic N) is 3. The van der Waals surface area contributed by atoms with E-state index in [2.05, 4.69) is 10.3 Å². The molecule has 2 heterocycles. The Morgan fingerprint density at radius 3 is 3.00 bits per heavy atom. The average Bonchev–Trinajstić information content (AvgIpc) is 2.86. The number of halogens is 1. The van der Waals surface area contributed by atoms with E-state index < -0.39 is 5.97 Å². The number of thiophene rings is 1. The summed E-state index contributed by atoms with van der Waals surface area (Å²) in [5.74, 6) is -0.829. The van der Waals surface area contributed by atoms with E-state index in [9.17, 15) is 4.79 Å². The van der Waals surface area contributed by atoms with Crippen LogP contribution in [0.2, 0.25) is 4.34 Å². The highest BCUT2D eigenvalue weighted by Crippen LogP contribution is 2.21. The maximum Gasteiger partial charge on any atom is 0.303 e. The summed E-state index contributed by atoms with van der Waals surface area (Å²) in [6.07, 6.45) is 2.24. The van der Waals surface area contributed by atoms with Crippen molar-refractivity contribution in [2.45, 2.75) is 19.4 Å². The predicted molar refractivity (Wildman–Crippen MR) is 64.4 cm³/mol. The van der Waals surface area contributed by atoms with E-state index in [0.717, 1.165) is 9.21 Å². The molecule has 0 aliphatic heterocycles. The molecule has 7 heteroatoms. The molecular weight excluding hydrogens is 262 g/mol. The highest BCUT2D eigenvalue weighted by molar-refractivity contribution is 7.16. The fraction of sp³-hybridized carbons (Fsp3) is 0.300. The molecule has 0 aromatic carbocycles. The Hall–Kier alpha value is -1.40. The van der Waals surface area contributed by atoms with Crippen LogP contribution in [0.1, 0.15) is 17.0 Å². The Morgan fingerprint density at radius 1 is 1.53 bits per heavy atom. The van der Waals surface area contributed by atoms with E-state index in [0.29, 0.717) is 18.7 Å². The zero-order valence-electron chi connectivity index (χ0n) is 8.84. The third-order valence-corrected chi connectivity index (χ3v) is 3.34. The highest BCUT2D eigenvalue weighted by Gasteiger charge is 2.05. The molecule has 0 saturated carbocycles. The topological polar surface area (TPSA) is 68.0 Å². The summed E-state index contributed by atoms with van der Waals surface area (Å²) in [5.41, 5.74) is 0.690. The largest absolute Gasteiger partial charge is 0.481 e. The summed E-state index contributed by atoms with van der Waals surface area (Å²) >= 11 is 7.32. The molecule has 2 aromatic rings. The lowest BCUT2D eigenvalue weighted by molar-refractivity contribution is -0.136. The molecule has 0 spiro atoms. The number of aliphatic carboxylic acids is 1. The second-order valence-corrected chi connectivity index (χ2v) is 5.31. The van der Waals surface area contributed by atoms with E-state index in [1.807, 2.05) is 12.1 Å². The second-order valence-electron chi connectivity index (χ2n) is 3.51. The van der Waals surface area contributed by atoms with E-state index in [4.69, 9.17) is 16.7 Å². The molecule has 5 nitrogen and oxygen atoms in total. The molecule has 1 N–H and O–H groups in total. The minimum absolute atomic E-state index is 0.0729. The van der Waals surface area contributed by atoms with Crippen molar-refractivity contribution < 1.29 is 9.90 Å². The van der Waals surface area contributed by atoms with Crippen LogP contribution in [0, 0.1) is 0 Å². The third kappa shape index (κ3) is 3.54. The van der Waals surface area contributed by atoms with E-state index in [1.165, 1.54) is 11.3 Å². The summed E-state index contributed by atoms with van der Waals surface area (Å²) in [6.45, 7) is 0.609. The Bertz CT molecular complexity index is 523. The van der Waals surface area contributed by atoms with Gasteiger partial charge in [-0.2, -0.15) is 0 Å². The van der Waals surface area contributed by atoms with Crippen LogP contribution in [0.3, 0.4) is 0 Å². The van der Waals surface area contributed by atoms with Crippen molar-refractivity contribution in [1.82, 2.24) is 15.0 Å². The molecule has 0 amide bonds. The van der Waals surface area contributed by atoms with E-state index in [1.54, 1.807) is 10.9 Å². The van der Waals surface area contributed by atoms with Crippen molar-refractivity contribution >= 4 is 28.9 Å². The molecule has 0 aliphatic rings. The van der Waals surface area contributed by atoms with Crippen LogP contribution in [-0.2, 0) is 17.8 Å². The first-order chi connectivity index (χ1) is 8.13. The van der Waals surface area contributed by atoms with Gasteiger partial charge in [-0.05, 0) is 12.1 Å². The van der Waals surface area contributed by atoms with Gasteiger partial charge in [0.1, 0.15) is 0 Å². The Morgan fingerprint density at radius 2 is 2.35 bits per heavy atom. The van der Waals surface area contributed by atoms with Crippen LogP contribution in [0.4, 0.5) is 0 Å². The smallest absolute Gasteiger partial charge is 0.303 e. The summed E-state index contributed by atoms with van der Waals surface area (Å²) in [4.78, 5) is 11.5. The van der Waals surface area contributed by atoms with Gasteiger partial charge in [0, 0.05) is 17.5 Å². The van der Waals surface area contributed by atoms with Gasteiger partial charge in [0.2, 0.25) is 0 Å². The molecule has 0 saturated heterocycles. The van der Waals surface area contributed by atoms with Crippen molar-refractivity contribution in [3.63, 3.8) is 0 Å². The highest BCUT2D eigenvalue weighted by atomic mass is 35.5. The monoisotopic (exact) mass is 271 g/mol. The van der Waals surface area contributed by atoms with Gasteiger partial charge in [0.15, 0.2) is 0 Å². The van der Waals surface area contributed by atoms with Crippen LogP contribution in [-0.4, -0.2) is 26.1 Å². The van der Waals surface area contributed by atoms with Gasteiger partial charge in [-0.3, -0.25) is 4.79 Å². The van der Waals surface area contributed by atoms with Gasteiger partial charge >= 0.3 is 5.97 Å². The molecule has 0 fully saturated rings. The van der Waals surface area contributed by atoms with Gasteiger partial charge in [-0.25, -0.2) is 4.68 Å². The van der Waals surface area contributed by atoms with Crippen LogP contribution in [0.25, 0.3) is 0 Å².